The van der Waals surface area contributed by atoms with Crippen molar-refractivity contribution in [2.45, 2.75) is 25.3 Å². The Bertz CT molecular complexity index is 707. The Hall–Kier alpha value is -2.83. The Balaban J connectivity index is 1.67. The third kappa shape index (κ3) is 4.13. The highest BCUT2D eigenvalue weighted by atomic mass is 16.4. The average molecular weight is 327 g/mol. The van der Waals surface area contributed by atoms with E-state index < -0.39 is 6.09 Å². The molecule has 1 fully saturated rings. The SMILES string of the molecule is Nc1nc(CCc2ccccc2)cc(N2CCC(NC(=O)O)C2)n1. The smallest absolute Gasteiger partial charge is 0.404 e. The van der Waals surface area contributed by atoms with Crippen LogP contribution in [-0.2, 0) is 12.8 Å². The van der Waals surface area contributed by atoms with E-state index in [0.717, 1.165) is 37.3 Å². The molecule has 126 valence electrons. The van der Waals surface area contributed by atoms with Crippen LogP contribution in [0.1, 0.15) is 17.7 Å². The second kappa shape index (κ2) is 7.16. The number of nitrogens with zero attached hydrogens (tertiary/aromatic N) is 3. The third-order valence-corrected chi connectivity index (χ3v) is 4.14. The maximum Gasteiger partial charge on any atom is 0.404 e. The number of nitrogens with two attached hydrogens (primary N) is 1. The molecule has 2 aromatic rings. The lowest BCUT2D eigenvalue weighted by Crippen LogP contribution is -2.36. The van der Waals surface area contributed by atoms with Gasteiger partial charge in [0.05, 0.1) is 6.04 Å². The van der Waals surface area contributed by atoms with Crippen LogP contribution in [0.25, 0.3) is 0 Å². The molecule has 1 amide bonds. The zero-order chi connectivity index (χ0) is 16.9. The van der Waals surface area contributed by atoms with E-state index in [1.807, 2.05) is 29.2 Å². The molecule has 1 aliphatic heterocycles. The van der Waals surface area contributed by atoms with Gasteiger partial charge in [0.25, 0.3) is 0 Å². The second-order valence-corrected chi connectivity index (χ2v) is 5.94. The number of nitrogen functional groups attached to an aromatic ring is 1. The fraction of sp³-hybridized carbons (Fsp3) is 0.353. The highest BCUT2D eigenvalue weighted by Gasteiger charge is 2.25. The molecular formula is C17H21N5O2. The van der Waals surface area contributed by atoms with Gasteiger partial charge >= 0.3 is 6.09 Å². The number of aromatic nitrogens is 2. The van der Waals surface area contributed by atoms with Gasteiger partial charge < -0.3 is 21.1 Å². The second-order valence-electron chi connectivity index (χ2n) is 5.94. The van der Waals surface area contributed by atoms with Gasteiger partial charge in [-0.1, -0.05) is 30.3 Å². The molecule has 1 atom stereocenters. The minimum absolute atomic E-state index is 0.0774. The first-order valence-corrected chi connectivity index (χ1v) is 8.02. The van der Waals surface area contributed by atoms with Crippen LogP contribution in [-0.4, -0.2) is 40.3 Å². The first-order chi connectivity index (χ1) is 11.6. The number of nitrogens with one attached hydrogen (secondary N) is 1. The van der Waals surface area contributed by atoms with Crippen molar-refractivity contribution >= 4 is 17.9 Å². The molecule has 7 nitrogen and oxygen atoms in total. The first-order valence-electron chi connectivity index (χ1n) is 8.02. The molecule has 0 aliphatic carbocycles. The number of carbonyl (C=O) groups is 1. The van der Waals surface area contributed by atoms with Crippen molar-refractivity contribution in [1.29, 1.82) is 0 Å². The predicted octanol–water partition coefficient (Wildman–Crippen LogP) is 1.69. The molecule has 1 saturated heterocycles. The Kier molecular flexibility index (Phi) is 4.79. The molecule has 7 heteroatoms. The summed E-state index contributed by atoms with van der Waals surface area (Å²) in [4.78, 5) is 21.4. The topological polar surface area (TPSA) is 104 Å². The van der Waals surface area contributed by atoms with Gasteiger partial charge in [-0.25, -0.2) is 9.78 Å². The van der Waals surface area contributed by atoms with E-state index in [1.54, 1.807) is 0 Å². The van der Waals surface area contributed by atoms with Crippen molar-refractivity contribution < 1.29 is 9.90 Å². The van der Waals surface area contributed by atoms with E-state index in [9.17, 15) is 4.79 Å². The highest BCUT2D eigenvalue weighted by molar-refractivity contribution is 5.65. The third-order valence-electron chi connectivity index (χ3n) is 4.14. The van der Waals surface area contributed by atoms with E-state index in [4.69, 9.17) is 10.8 Å². The fourth-order valence-electron chi connectivity index (χ4n) is 2.97. The molecule has 24 heavy (non-hydrogen) atoms. The zero-order valence-electron chi connectivity index (χ0n) is 13.4. The number of amides is 1. The molecule has 0 radical (unpaired) electrons. The van der Waals surface area contributed by atoms with Crippen molar-refractivity contribution in [2.75, 3.05) is 23.7 Å². The average Bonchev–Trinajstić information content (AvgIpc) is 3.01. The van der Waals surface area contributed by atoms with Crippen LogP contribution in [0.15, 0.2) is 36.4 Å². The summed E-state index contributed by atoms with van der Waals surface area (Å²) in [6, 6.07) is 12.1. The largest absolute Gasteiger partial charge is 0.465 e. The van der Waals surface area contributed by atoms with Gasteiger partial charge in [-0.15, -0.1) is 0 Å². The molecule has 1 aliphatic rings. The normalized spacial score (nSPS) is 17.0. The van der Waals surface area contributed by atoms with Crippen molar-refractivity contribution in [3.05, 3.63) is 47.7 Å². The predicted molar refractivity (Wildman–Crippen MR) is 92.1 cm³/mol. The molecule has 1 unspecified atom stereocenters. The summed E-state index contributed by atoms with van der Waals surface area (Å²) >= 11 is 0. The summed E-state index contributed by atoms with van der Waals surface area (Å²) in [6.07, 6.45) is 1.44. The molecule has 0 saturated carbocycles. The van der Waals surface area contributed by atoms with Crippen LogP contribution in [0.3, 0.4) is 0 Å². The molecule has 2 heterocycles. The summed E-state index contributed by atoms with van der Waals surface area (Å²) < 4.78 is 0. The number of anilines is 2. The monoisotopic (exact) mass is 327 g/mol. The minimum atomic E-state index is -0.993. The number of hydrogen-bond acceptors (Lipinski definition) is 5. The van der Waals surface area contributed by atoms with Crippen LogP contribution >= 0.6 is 0 Å². The molecule has 0 bridgehead atoms. The zero-order valence-corrected chi connectivity index (χ0v) is 13.4. The molecular weight excluding hydrogens is 306 g/mol. The van der Waals surface area contributed by atoms with Gasteiger partial charge in [0.15, 0.2) is 0 Å². The lowest BCUT2D eigenvalue weighted by atomic mass is 10.1. The van der Waals surface area contributed by atoms with Crippen LogP contribution in [0, 0.1) is 0 Å². The quantitative estimate of drug-likeness (QED) is 0.772. The van der Waals surface area contributed by atoms with Gasteiger partial charge in [0, 0.05) is 24.8 Å². The van der Waals surface area contributed by atoms with Crippen molar-refractivity contribution in [2.24, 2.45) is 0 Å². The van der Waals surface area contributed by atoms with Crippen molar-refractivity contribution in [3.63, 3.8) is 0 Å². The summed E-state index contributed by atoms with van der Waals surface area (Å²) in [5.41, 5.74) is 8.00. The number of carboxylic acid groups (broad SMARTS) is 1. The standard InChI is InChI=1S/C17H21N5O2/c18-16-19-13(7-6-12-4-2-1-3-5-12)10-15(21-16)22-9-8-14(11-22)20-17(23)24/h1-5,10,14,20H,6-9,11H2,(H,23,24)(H2,18,19,21). The van der Waals surface area contributed by atoms with E-state index in [-0.39, 0.29) is 12.0 Å². The number of rotatable bonds is 5. The Morgan fingerprint density at radius 3 is 2.83 bits per heavy atom. The number of benzene rings is 1. The lowest BCUT2D eigenvalue weighted by Gasteiger charge is -2.18. The van der Waals surface area contributed by atoms with Crippen LogP contribution in [0.4, 0.5) is 16.6 Å². The maximum atomic E-state index is 10.8. The van der Waals surface area contributed by atoms with Gasteiger partial charge in [0.1, 0.15) is 5.82 Å². The molecule has 0 spiro atoms. The van der Waals surface area contributed by atoms with Gasteiger partial charge in [-0.2, -0.15) is 4.98 Å². The summed E-state index contributed by atoms with van der Waals surface area (Å²) in [7, 11) is 0. The summed E-state index contributed by atoms with van der Waals surface area (Å²) in [5, 5.41) is 11.3. The lowest BCUT2D eigenvalue weighted by molar-refractivity contribution is 0.191. The van der Waals surface area contributed by atoms with Crippen LogP contribution in [0.5, 0.6) is 0 Å². The van der Waals surface area contributed by atoms with Crippen LogP contribution in [0.2, 0.25) is 0 Å². The van der Waals surface area contributed by atoms with Gasteiger partial charge in [-0.05, 0) is 24.8 Å². The Morgan fingerprint density at radius 1 is 1.29 bits per heavy atom. The summed E-state index contributed by atoms with van der Waals surface area (Å²) in [6.45, 7) is 1.35. The molecule has 1 aromatic carbocycles. The molecule has 1 aromatic heterocycles. The Labute approximate surface area is 140 Å². The summed E-state index contributed by atoms with van der Waals surface area (Å²) in [5.74, 6) is 1.02. The van der Waals surface area contributed by atoms with Crippen LogP contribution < -0.4 is 16.0 Å². The van der Waals surface area contributed by atoms with E-state index in [1.165, 1.54) is 5.56 Å². The minimum Gasteiger partial charge on any atom is -0.465 e. The van der Waals surface area contributed by atoms with Gasteiger partial charge in [-0.3, -0.25) is 0 Å². The van der Waals surface area contributed by atoms with E-state index >= 15 is 0 Å². The van der Waals surface area contributed by atoms with Gasteiger partial charge in [0.2, 0.25) is 5.95 Å². The van der Waals surface area contributed by atoms with E-state index in [2.05, 4.69) is 27.4 Å². The maximum absolute atomic E-state index is 10.8. The fourth-order valence-corrected chi connectivity index (χ4v) is 2.97. The molecule has 4 N–H and O–H groups in total. The van der Waals surface area contributed by atoms with Crippen molar-refractivity contribution in [3.8, 4) is 0 Å². The van der Waals surface area contributed by atoms with Crippen molar-refractivity contribution in [1.82, 2.24) is 15.3 Å². The Morgan fingerprint density at radius 2 is 2.08 bits per heavy atom. The first kappa shape index (κ1) is 16.0. The number of aryl methyl sites for hydroxylation is 2. The number of hydrogen-bond donors (Lipinski definition) is 3. The molecule has 3 rings (SSSR count). The highest BCUT2D eigenvalue weighted by Crippen LogP contribution is 2.20. The van der Waals surface area contributed by atoms with E-state index in [0.29, 0.717) is 6.54 Å².